The van der Waals surface area contributed by atoms with Crippen LogP contribution in [-0.4, -0.2) is 41.0 Å². The van der Waals surface area contributed by atoms with Gasteiger partial charge in [0.2, 0.25) is 0 Å². The molecule has 0 unspecified atom stereocenters. The summed E-state index contributed by atoms with van der Waals surface area (Å²) in [4.78, 5) is 10.7. The first-order valence-corrected chi connectivity index (χ1v) is 5.12. The first kappa shape index (κ1) is 9.83. The zero-order valence-electron chi connectivity index (χ0n) is 7.91. The van der Waals surface area contributed by atoms with Gasteiger partial charge >= 0.3 is 0 Å². The summed E-state index contributed by atoms with van der Waals surface area (Å²) >= 11 is 5.71. The maximum atomic E-state index is 5.71. The summed E-state index contributed by atoms with van der Waals surface area (Å²) in [6, 6.07) is 0. The molecule has 1 aromatic heterocycles. The molecule has 2 rings (SSSR count). The van der Waals surface area contributed by atoms with Crippen LogP contribution in [0.1, 0.15) is 5.82 Å². The molecule has 1 N–H and O–H groups in total. The summed E-state index contributed by atoms with van der Waals surface area (Å²) in [6.07, 6.45) is 3.29. The van der Waals surface area contributed by atoms with Crippen LogP contribution in [0.5, 0.6) is 0 Å². The summed E-state index contributed by atoms with van der Waals surface area (Å²) in [5, 5.41) is 3.90. The zero-order valence-corrected chi connectivity index (χ0v) is 8.67. The van der Waals surface area contributed by atoms with Gasteiger partial charge in [-0.1, -0.05) is 11.6 Å². The van der Waals surface area contributed by atoms with E-state index in [1.54, 1.807) is 12.4 Å². The van der Waals surface area contributed by atoms with Crippen LogP contribution in [0.15, 0.2) is 12.4 Å². The van der Waals surface area contributed by atoms with E-state index in [0.29, 0.717) is 5.02 Å². The number of piperazine rings is 1. The molecule has 0 radical (unpaired) electrons. The molecule has 1 fully saturated rings. The van der Waals surface area contributed by atoms with E-state index < -0.39 is 0 Å². The predicted octanol–water partition coefficient (Wildman–Crippen LogP) is 0.535. The summed E-state index contributed by atoms with van der Waals surface area (Å²) in [5.41, 5.74) is 0. The lowest BCUT2D eigenvalue weighted by molar-refractivity contribution is 0.228. The maximum Gasteiger partial charge on any atom is 0.142 e. The quantitative estimate of drug-likeness (QED) is 0.777. The van der Waals surface area contributed by atoms with Crippen LogP contribution < -0.4 is 5.32 Å². The van der Waals surface area contributed by atoms with Crippen molar-refractivity contribution in [3.8, 4) is 0 Å². The van der Waals surface area contributed by atoms with Crippen molar-refractivity contribution in [2.24, 2.45) is 0 Å². The first-order valence-electron chi connectivity index (χ1n) is 4.74. The van der Waals surface area contributed by atoms with Gasteiger partial charge in [-0.2, -0.15) is 0 Å². The average molecular weight is 213 g/mol. The van der Waals surface area contributed by atoms with Crippen molar-refractivity contribution >= 4 is 11.6 Å². The Morgan fingerprint density at radius 2 is 1.93 bits per heavy atom. The van der Waals surface area contributed by atoms with Crippen molar-refractivity contribution in [3.05, 3.63) is 23.2 Å². The van der Waals surface area contributed by atoms with Gasteiger partial charge in [-0.15, -0.1) is 0 Å². The molecule has 2 heterocycles. The molecule has 0 amide bonds. The monoisotopic (exact) mass is 212 g/mol. The number of aromatic nitrogens is 2. The van der Waals surface area contributed by atoms with E-state index in [4.69, 9.17) is 11.6 Å². The largest absolute Gasteiger partial charge is 0.314 e. The molecule has 0 bridgehead atoms. The van der Waals surface area contributed by atoms with E-state index in [0.717, 1.165) is 38.5 Å². The van der Waals surface area contributed by atoms with Crippen LogP contribution in [0.4, 0.5) is 0 Å². The fraction of sp³-hybridized carbons (Fsp3) is 0.556. The molecule has 76 valence electrons. The van der Waals surface area contributed by atoms with Crippen molar-refractivity contribution in [1.29, 1.82) is 0 Å². The van der Waals surface area contributed by atoms with Crippen molar-refractivity contribution in [2.45, 2.75) is 6.54 Å². The average Bonchev–Trinajstić information content (AvgIpc) is 2.23. The minimum atomic E-state index is 0.592. The van der Waals surface area contributed by atoms with Gasteiger partial charge in [0.05, 0.1) is 11.6 Å². The molecule has 1 aliphatic rings. The molecule has 0 aliphatic carbocycles. The number of hydrogen-bond donors (Lipinski definition) is 1. The normalized spacial score (nSPS) is 18.4. The minimum absolute atomic E-state index is 0.592. The van der Waals surface area contributed by atoms with Gasteiger partial charge in [-0.25, -0.2) is 9.97 Å². The highest BCUT2D eigenvalue weighted by Gasteiger charge is 2.10. The second-order valence-electron chi connectivity index (χ2n) is 3.34. The molecule has 5 heteroatoms. The number of nitrogens with one attached hydrogen (secondary N) is 1. The van der Waals surface area contributed by atoms with Gasteiger partial charge in [0.1, 0.15) is 5.82 Å². The number of halogens is 1. The molecule has 1 aromatic rings. The standard InChI is InChI=1S/C9H13ClN4/c10-8-5-12-9(13-6-8)7-14-3-1-11-2-4-14/h5-6,11H,1-4,7H2. The minimum Gasteiger partial charge on any atom is -0.314 e. The van der Waals surface area contributed by atoms with Crippen LogP contribution >= 0.6 is 11.6 Å². The topological polar surface area (TPSA) is 41.1 Å². The van der Waals surface area contributed by atoms with Gasteiger partial charge in [-0.3, -0.25) is 4.90 Å². The van der Waals surface area contributed by atoms with Gasteiger partial charge in [-0.05, 0) is 0 Å². The molecule has 1 saturated heterocycles. The predicted molar refractivity (Wildman–Crippen MR) is 55.2 cm³/mol. The van der Waals surface area contributed by atoms with Crippen LogP contribution in [0.3, 0.4) is 0 Å². The first-order chi connectivity index (χ1) is 6.84. The van der Waals surface area contributed by atoms with Gasteiger partial charge in [0.25, 0.3) is 0 Å². The molecule has 14 heavy (non-hydrogen) atoms. The number of rotatable bonds is 2. The van der Waals surface area contributed by atoms with Crippen molar-refractivity contribution in [1.82, 2.24) is 20.2 Å². The molecule has 1 aliphatic heterocycles. The fourth-order valence-electron chi connectivity index (χ4n) is 1.49. The second-order valence-corrected chi connectivity index (χ2v) is 3.78. The lowest BCUT2D eigenvalue weighted by Gasteiger charge is -2.26. The van der Waals surface area contributed by atoms with Crippen LogP contribution in [0.25, 0.3) is 0 Å². The van der Waals surface area contributed by atoms with E-state index >= 15 is 0 Å². The third-order valence-corrected chi connectivity index (χ3v) is 2.44. The summed E-state index contributed by atoms with van der Waals surface area (Å²) in [5.74, 6) is 0.844. The Morgan fingerprint density at radius 1 is 1.29 bits per heavy atom. The second kappa shape index (κ2) is 4.68. The van der Waals surface area contributed by atoms with Crippen molar-refractivity contribution < 1.29 is 0 Å². The Morgan fingerprint density at radius 3 is 2.57 bits per heavy atom. The molecule has 0 spiro atoms. The van der Waals surface area contributed by atoms with E-state index in [1.807, 2.05) is 0 Å². The Labute approximate surface area is 88.3 Å². The van der Waals surface area contributed by atoms with Gasteiger partial charge < -0.3 is 5.32 Å². The molecular formula is C9H13ClN4. The fourth-order valence-corrected chi connectivity index (χ4v) is 1.59. The van der Waals surface area contributed by atoms with E-state index in [9.17, 15) is 0 Å². The Kier molecular flexibility index (Phi) is 3.29. The van der Waals surface area contributed by atoms with Gasteiger partial charge in [0.15, 0.2) is 0 Å². The number of nitrogens with zero attached hydrogens (tertiary/aromatic N) is 3. The van der Waals surface area contributed by atoms with Crippen LogP contribution in [-0.2, 0) is 6.54 Å². The van der Waals surface area contributed by atoms with Gasteiger partial charge in [0, 0.05) is 38.6 Å². The summed E-state index contributed by atoms with van der Waals surface area (Å²) in [7, 11) is 0. The highest BCUT2D eigenvalue weighted by atomic mass is 35.5. The highest BCUT2D eigenvalue weighted by Crippen LogP contribution is 2.05. The zero-order chi connectivity index (χ0) is 9.80. The lowest BCUT2D eigenvalue weighted by Crippen LogP contribution is -2.43. The third-order valence-electron chi connectivity index (χ3n) is 2.25. The summed E-state index contributed by atoms with van der Waals surface area (Å²) < 4.78 is 0. The van der Waals surface area contributed by atoms with Crippen molar-refractivity contribution in [2.75, 3.05) is 26.2 Å². The Hall–Kier alpha value is -0.710. The van der Waals surface area contributed by atoms with Crippen LogP contribution in [0.2, 0.25) is 5.02 Å². The Balaban J connectivity index is 1.92. The molecule has 0 saturated carbocycles. The highest BCUT2D eigenvalue weighted by molar-refractivity contribution is 6.30. The van der Waals surface area contributed by atoms with Crippen LogP contribution in [0, 0.1) is 0 Å². The molecule has 4 nitrogen and oxygen atoms in total. The van der Waals surface area contributed by atoms with E-state index in [2.05, 4.69) is 20.2 Å². The molecule has 0 aromatic carbocycles. The van der Waals surface area contributed by atoms with E-state index in [1.165, 1.54) is 0 Å². The Bertz CT molecular complexity index is 281. The third kappa shape index (κ3) is 2.64. The lowest BCUT2D eigenvalue weighted by atomic mass is 10.3. The molecule has 0 atom stereocenters. The SMILES string of the molecule is Clc1cnc(CN2CCNCC2)nc1. The smallest absolute Gasteiger partial charge is 0.142 e. The van der Waals surface area contributed by atoms with E-state index in [-0.39, 0.29) is 0 Å². The molecular weight excluding hydrogens is 200 g/mol. The number of hydrogen-bond acceptors (Lipinski definition) is 4. The summed E-state index contributed by atoms with van der Waals surface area (Å²) in [6.45, 7) is 5.04. The van der Waals surface area contributed by atoms with Crippen molar-refractivity contribution in [3.63, 3.8) is 0 Å². The maximum absolute atomic E-state index is 5.71.